The van der Waals surface area contributed by atoms with E-state index < -0.39 is 11.0 Å². The van der Waals surface area contributed by atoms with Crippen LogP contribution in [0.1, 0.15) is 6.92 Å². The average Bonchev–Trinajstić information content (AvgIpc) is 2.68. The Kier molecular flexibility index (Phi) is 5.30. The van der Waals surface area contributed by atoms with E-state index in [0.29, 0.717) is 36.1 Å². The summed E-state index contributed by atoms with van der Waals surface area (Å²) in [5.41, 5.74) is 0.704. The number of rotatable bonds is 6. The summed E-state index contributed by atoms with van der Waals surface area (Å²) in [6, 6.07) is 8.72. The van der Waals surface area contributed by atoms with Crippen molar-refractivity contribution >= 4 is 23.0 Å². The molecule has 27 heavy (non-hydrogen) atoms. The first-order valence-electron chi connectivity index (χ1n) is 8.28. The summed E-state index contributed by atoms with van der Waals surface area (Å²) in [6.07, 6.45) is 0. The van der Waals surface area contributed by atoms with Crippen molar-refractivity contribution in [2.24, 2.45) is 0 Å². The van der Waals surface area contributed by atoms with Gasteiger partial charge in [-0.15, -0.1) is 0 Å². The van der Waals surface area contributed by atoms with Crippen LogP contribution in [0.4, 0.5) is 17.1 Å². The first kappa shape index (κ1) is 18.3. The highest BCUT2D eigenvalue weighted by atomic mass is 16.6. The lowest BCUT2D eigenvalue weighted by molar-refractivity contribution is -0.384. The lowest BCUT2D eigenvalue weighted by atomic mass is 10.2. The van der Waals surface area contributed by atoms with E-state index in [1.807, 2.05) is 0 Å². The third kappa shape index (κ3) is 4.02. The number of non-ortho nitro benzene ring substituents is 1. The fourth-order valence-electron chi connectivity index (χ4n) is 2.63. The molecule has 0 saturated heterocycles. The molecule has 0 aromatic heterocycles. The third-order valence-electron chi connectivity index (χ3n) is 3.98. The van der Waals surface area contributed by atoms with Gasteiger partial charge >= 0.3 is 0 Å². The number of nitrogens with zero attached hydrogens (tertiary/aromatic N) is 1. The second-order valence-electron chi connectivity index (χ2n) is 5.83. The molecule has 1 heterocycles. The highest BCUT2D eigenvalue weighted by molar-refractivity contribution is 5.98. The molecule has 2 aromatic carbocycles. The molecule has 2 N–H and O–H groups in total. The monoisotopic (exact) mass is 373 g/mol. The molecule has 0 saturated carbocycles. The predicted octanol–water partition coefficient (Wildman–Crippen LogP) is 2.81. The van der Waals surface area contributed by atoms with Crippen molar-refractivity contribution in [3.8, 4) is 17.2 Å². The van der Waals surface area contributed by atoms with Crippen LogP contribution in [-0.4, -0.2) is 37.2 Å². The molecule has 0 bridgehead atoms. The number of methoxy groups -OCH3 is 1. The lowest BCUT2D eigenvalue weighted by Gasteiger charge is -2.23. The molecule has 0 aliphatic carbocycles. The van der Waals surface area contributed by atoms with Crippen molar-refractivity contribution in [3.63, 3.8) is 0 Å². The van der Waals surface area contributed by atoms with Gasteiger partial charge in [0.05, 0.1) is 23.4 Å². The van der Waals surface area contributed by atoms with E-state index in [4.69, 9.17) is 14.2 Å². The first-order valence-corrected chi connectivity index (χ1v) is 8.28. The molecular formula is C18H19N3O6. The van der Waals surface area contributed by atoms with Crippen LogP contribution in [0.5, 0.6) is 17.2 Å². The van der Waals surface area contributed by atoms with Crippen molar-refractivity contribution in [1.82, 2.24) is 0 Å². The summed E-state index contributed by atoms with van der Waals surface area (Å²) in [7, 11) is 1.42. The molecular weight excluding hydrogens is 354 g/mol. The number of fused-ring (bicyclic) bond motifs is 1. The van der Waals surface area contributed by atoms with Crippen LogP contribution in [0.15, 0.2) is 36.4 Å². The van der Waals surface area contributed by atoms with E-state index in [1.54, 1.807) is 25.1 Å². The maximum absolute atomic E-state index is 12.6. The fourth-order valence-corrected chi connectivity index (χ4v) is 2.63. The SMILES string of the molecule is COc1ccc([N+](=O)[O-])cc1NC(=O)C(C)Nc1cccc2c1OCCO2. The van der Waals surface area contributed by atoms with Gasteiger partial charge in [0.15, 0.2) is 11.5 Å². The summed E-state index contributed by atoms with van der Waals surface area (Å²) in [5.74, 6) is 1.11. The van der Waals surface area contributed by atoms with Gasteiger partial charge in [-0.3, -0.25) is 14.9 Å². The third-order valence-corrected chi connectivity index (χ3v) is 3.98. The fraction of sp³-hybridized carbons (Fsp3) is 0.278. The van der Waals surface area contributed by atoms with Crippen LogP contribution in [0, 0.1) is 10.1 Å². The maximum atomic E-state index is 12.6. The number of nitro groups is 1. The Morgan fingerprint density at radius 2 is 2.00 bits per heavy atom. The number of hydrogen-bond acceptors (Lipinski definition) is 7. The largest absolute Gasteiger partial charge is 0.495 e. The van der Waals surface area contributed by atoms with Gasteiger partial charge in [-0.2, -0.15) is 0 Å². The number of hydrogen-bond donors (Lipinski definition) is 2. The van der Waals surface area contributed by atoms with E-state index in [0.717, 1.165) is 0 Å². The summed E-state index contributed by atoms with van der Waals surface area (Å²) in [6.45, 7) is 2.57. The number of amides is 1. The molecule has 9 heteroatoms. The second-order valence-corrected chi connectivity index (χ2v) is 5.83. The Balaban J connectivity index is 1.75. The van der Waals surface area contributed by atoms with E-state index in [9.17, 15) is 14.9 Å². The summed E-state index contributed by atoms with van der Waals surface area (Å²) >= 11 is 0. The average molecular weight is 373 g/mol. The Labute approximate surface area is 155 Å². The molecule has 0 radical (unpaired) electrons. The van der Waals surface area contributed by atoms with E-state index in [1.165, 1.54) is 25.3 Å². The minimum absolute atomic E-state index is 0.144. The van der Waals surface area contributed by atoms with Crippen molar-refractivity contribution in [3.05, 3.63) is 46.5 Å². The number of ether oxygens (including phenoxy) is 3. The highest BCUT2D eigenvalue weighted by Gasteiger charge is 2.21. The van der Waals surface area contributed by atoms with Crippen LogP contribution in [0.25, 0.3) is 0 Å². The molecule has 3 rings (SSSR count). The number of carbonyl (C=O) groups excluding carboxylic acids is 1. The van der Waals surface area contributed by atoms with Gasteiger partial charge in [0.25, 0.3) is 5.69 Å². The van der Waals surface area contributed by atoms with Crippen molar-refractivity contribution in [2.45, 2.75) is 13.0 Å². The Hall–Kier alpha value is -3.49. The van der Waals surface area contributed by atoms with Gasteiger partial charge in [0.1, 0.15) is 25.0 Å². The summed E-state index contributed by atoms with van der Waals surface area (Å²) in [4.78, 5) is 23.0. The Morgan fingerprint density at radius 1 is 1.22 bits per heavy atom. The normalized spacial score (nSPS) is 13.4. The molecule has 1 aliphatic rings. The predicted molar refractivity (Wildman–Crippen MR) is 98.8 cm³/mol. The van der Waals surface area contributed by atoms with E-state index in [-0.39, 0.29) is 17.3 Å². The molecule has 1 aliphatic heterocycles. The van der Waals surface area contributed by atoms with Gasteiger partial charge in [-0.25, -0.2) is 0 Å². The standard InChI is InChI=1S/C18H19N3O6/c1-11(19-13-4-3-5-16-17(13)27-9-8-26-16)18(22)20-14-10-12(21(23)24)6-7-15(14)25-2/h3-7,10-11,19H,8-9H2,1-2H3,(H,20,22). The second kappa shape index (κ2) is 7.81. The number of carbonyl (C=O) groups is 1. The quantitative estimate of drug-likeness (QED) is 0.591. The number of anilines is 2. The number of nitro benzene ring substituents is 1. The zero-order chi connectivity index (χ0) is 19.4. The molecule has 1 unspecified atom stereocenters. The number of benzene rings is 2. The molecule has 9 nitrogen and oxygen atoms in total. The number of para-hydroxylation sites is 1. The van der Waals surface area contributed by atoms with Crippen molar-refractivity contribution in [1.29, 1.82) is 0 Å². The highest BCUT2D eigenvalue weighted by Crippen LogP contribution is 2.37. The molecule has 0 fully saturated rings. The Bertz CT molecular complexity index is 870. The summed E-state index contributed by atoms with van der Waals surface area (Å²) in [5, 5.41) is 16.7. The van der Waals surface area contributed by atoms with Crippen LogP contribution < -0.4 is 24.8 Å². The smallest absolute Gasteiger partial charge is 0.271 e. The zero-order valence-corrected chi connectivity index (χ0v) is 14.9. The van der Waals surface area contributed by atoms with Gasteiger partial charge in [0, 0.05) is 12.1 Å². The van der Waals surface area contributed by atoms with Crippen LogP contribution >= 0.6 is 0 Å². The van der Waals surface area contributed by atoms with Crippen LogP contribution in [-0.2, 0) is 4.79 Å². The van der Waals surface area contributed by atoms with Gasteiger partial charge in [0.2, 0.25) is 5.91 Å². The van der Waals surface area contributed by atoms with Crippen molar-refractivity contribution in [2.75, 3.05) is 31.0 Å². The number of nitrogens with one attached hydrogen (secondary N) is 2. The zero-order valence-electron chi connectivity index (χ0n) is 14.9. The van der Waals surface area contributed by atoms with E-state index >= 15 is 0 Å². The maximum Gasteiger partial charge on any atom is 0.271 e. The van der Waals surface area contributed by atoms with Gasteiger partial charge < -0.3 is 24.8 Å². The molecule has 2 aromatic rings. The Morgan fingerprint density at radius 3 is 2.74 bits per heavy atom. The molecule has 0 spiro atoms. The minimum Gasteiger partial charge on any atom is -0.495 e. The first-order chi connectivity index (χ1) is 13.0. The summed E-state index contributed by atoms with van der Waals surface area (Å²) < 4.78 is 16.3. The van der Waals surface area contributed by atoms with Crippen LogP contribution in [0.3, 0.4) is 0 Å². The minimum atomic E-state index is -0.647. The molecule has 142 valence electrons. The van der Waals surface area contributed by atoms with Crippen molar-refractivity contribution < 1.29 is 23.9 Å². The lowest BCUT2D eigenvalue weighted by Crippen LogP contribution is -2.32. The van der Waals surface area contributed by atoms with Gasteiger partial charge in [-0.1, -0.05) is 6.07 Å². The van der Waals surface area contributed by atoms with Crippen LogP contribution in [0.2, 0.25) is 0 Å². The molecule has 1 atom stereocenters. The van der Waals surface area contributed by atoms with E-state index in [2.05, 4.69) is 10.6 Å². The topological polar surface area (TPSA) is 112 Å². The molecule has 1 amide bonds. The van der Waals surface area contributed by atoms with Gasteiger partial charge in [-0.05, 0) is 25.1 Å².